The van der Waals surface area contributed by atoms with E-state index < -0.39 is 0 Å². The molecule has 0 radical (unpaired) electrons. The molecule has 102 valence electrons. The smallest absolute Gasteiger partial charge is 0.144 e. The zero-order valence-electron chi connectivity index (χ0n) is 11.3. The Balaban J connectivity index is 2.26. The van der Waals surface area contributed by atoms with Crippen molar-refractivity contribution in [3.05, 3.63) is 52.2 Å². The molecule has 0 aliphatic carbocycles. The highest BCUT2D eigenvalue weighted by Crippen LogP contribution is 2.27. The normalized spacial score (nSPS) is 9.90. The van der Waals surface area contributed by atoms with E-state index >= 15 is 0 Å². The molecule has 0 atom stereocenters. The molecule has 0 spiro atoms. The highest BCUT2D eigenvalue weighted by atomic mass is 35.5. The van der Waals surface area contributed by atoms with Crippen LogP contribution in [0.3, 0.4) is 0 Å². The lowest BCUT2D eigenvalue weighted by atomic mass is 10.2. The molecular formula is C15H14ClN3O. The number of hydrogen-bond donors (Lipinski definition) is 1. The number of halogens is 1. The second-order valence-electron chi connectivity index (χ2n) is 4.23. The van der Waals surface area contributed by atoms with Gasteiger partial charge in [0, 0.05) is 22.8 Å². The van der Waals surface area contributed by atoms with Gasteiger partial charge in [0.15, 0.2) is 0 Å². The Morgan fingerprint density at radius 2 is 2.15 bits per heavy atom. The number of nitriles is 1. The van der Waals surface area contributed by atoms with Crippen molar-refractivity contribution >= 4 is 17.4 Å². The minimum Gasteiger partial charge on any atom is -0.496 e. The van der Waals surface area contributed by atoms with E-state index in [0.29, 0.717) is 28.7 Å². The highest BCUT2D eigenvalue weighted by molar-refractivity contribution is 6.31. The summed E-state index contributed by atoms with van der Waals surface area (Å²) in [4.78, 5) is 4.33. The molecule has 1 heterocycles. The van der Waals surface area contributed by atoms with Gasteiger partial charge >= 0.3 is 0 Å². The van der Waals surface area contributed by atoms with Crippen molar-refractivity contribution in [2.45, 2.75) is 13.5 Å². The number of aromatic nitrogens is 1. The van der Waals surface area contributed by atoms with Crippen LogP contribution in [0, 0.1) is 18.3 Å². The van der Waals surface area contributed by atoms with Crippen LogP contribution >= 0.6 is 11.6 Å². The van der Waals surface area contributed by atoms with E-state index in [9.17, 15) is 0 Å². The molecule has 1 aromatic carbocycles. The number of methoxy groups -OCH3 is 1. The summed E-state index contributed by atoms with van der Waals surface area (Å²) in [6.07, 6.45) is 0. The quantitative estimate of drug-likeness (QED) is 0.934. The summed E-state index contributed by atoms with van der Waals surface area (Å²) in [5.41, 5.74) is 2.18. The molecular weight excluding hydrogens is 274 g/mol. The number of hydrogen-bond acceptors (Lipinski definition) is 4. The Morgan fingerprint density at radius 3 is 2.85 bits per heavy atom. The number of ether oxygens (including phenoxy) is 1. The third-order valence-corrected chi connectivity index (χ3v) is 3.24. The fraction of sp³-hybridized carbons (Fsp3) is 0.200. The molecule has 1 aromatic heterocycles. The minimum atomic E-state index is 0.438. The van der Waals surface area contributed by atoms with E-state index in [1.165, 1.54) is 0 Å². The van der Waals surface area contributed by atoms with Crippen molar-refractivity contribution in [1.82, 2.24) is 4.98 Å². The number of rotatable bonds is 4. The largest absolute Gasteiger partial charge is 0.496 e. The van der Waals surface area contributed by atoms with Crippen LogP contribution in [0.2, 0.25) is 5.02 Å². The van der Waals surface area contributed by atoms with Crippen molar-refractivity contribution < 1.29 is 4.74 Å². The molecule has 0 unspecified atom stereocenters. The minimum absolute atomic E-state index is 0.438. The lowest BCUT2D eigenvalue weighted by Gasteiger charge is -2.12. The first-order valence-electron chi connectivity index (χ1n) is 6.08. The number of aryl methyl sites for hydroxylation is 1. The summed E-state index contributed by atoms with van der Waals surface area (Å²) in [6.45, 7) is 2.32. The Kier molecular flexibility index (Phi) is 4.44. The zero-order chi connectivity index (χ0) is 14.5. The highest BCUT2D eigenvalue weighted by Gasteiger charge is 2.09. The summed E-state index contributed by atoms with van der Waals surface area (Å²) >= 11 is 6.17. The van der Waals surface area contributed by atoms with Gasteiger partial charge in [0.1, 0.15) is 17.6 Å². The van der Waals surface area contributed by atoms with Gasteiger partial charge in [0.05, 0.1) is 12.7 Å². The first-order valence-corrected chi connectivity index (χ1v) is 6.46. The van der Waals surface area contributed by atoms with Crippen LogP contribution in [-0.4, -0.2) is 12.1 Å². The van der Waals surface area contributed by atoms with Crippen molar-refractivity contribution in [2.24, 2.45) is 0 Å². The van der Waals surface area contributed by atoms with Gasteiger partial charge in [-0.25, -0.2) is 4.98 Å². The van der Waals surface area contributed by atoms with Crippen molar-refractivity contribution in [3.63, 3.8) is 0 Å². The Bertz CT molecular complexity index is 665. The van der Waals surface area contributed by atoms with Crippen molar-refractivity contribution in [1.29, 1.82) is 5.26 Å². The predicted octanol–water partition coefficient (Wildman–Crippen LogP) is 3.54. The first-order chi connectivity index (χ1) is 9.65. The molecule has 4 nitrogen and oxygen atoms in total. The van der Waals surface area contributed by atoms with Gasteiger partial charge in [-0.2, -0.15) is 5.26 Å². The number of nitrogens with zero attached hydrogens (tertiary/aromatic N) is 2. The fourth-order valence-electron chi connectivity index (χ4n) is 1.86. The van der Waals surface area contributed by atoms with E-state index in [1.807, 2.05) is 19.1 Å². The summed E-state index contributed by atoms with van der Waals surface area (Å²) in [5.74, 6) is 1.26. The average molecular weight is 288 g/mol. The van der Waals surface area contributed by atoms with Crippen LogP contribution in [0.25, 0.3) is 0 Å². The van der Waals surface area contributed by atoms with Crippen molar-refractivity contribution in [3.8, 4) is 11.8 Å². The number of pyridine rings is 1. The van der Waals surface area contributed by atoms with E-state index in [-0.39, 0.29) is 0 Å². The molecule has 0 aliphatic rings. The maximum Gasteiger partial charge on any atom is 0.144 e. The van der Waals surface area contributed by atoms with Crippen molar-refractivity contribution in [2.75, 3.05) is 12.4 Å². The monoisotopic (exact) mass is 287 g/mol. The van der Waals surface area contributed by atoms with Crippen LogP contribution in [0.5, 0.6) is 5.75 Å². The standard InChI is InChI=1S/C15H14ClN3O/c1-10-6-7-11(8-17)15(19-10)18-9-12-13(16)4-3-5-14(12)20-2/h3-7H,9H2,1-2H3,(H,18,19). The SMILES string of the molecule is COc1cccc(Cl)c1CNc1nc(C)ccc1C#N. The van der Waals surface area contributed by atoms with Crippen LogP contribution in [0.4, 0.5) is 5.82 Å². The summed E-state index contributed by atoms with van der Waals surface area (Å²) in [5, 5.41) is 12.8. The Hall–Kier alpha value is -2.25. The van der Waals surface area contributed by atoms with Crippen LogP contribution < -0.4 is 10.1 Å². The van der Waals surface area contributed by atoms with Crippen LogP contribution in [0.1, 0.15) is 16.8 Å². The predicted molar refractivity (Wildman–Crippen MR) is 79.0 cm³/mol. The lowest BCUT2D eigenvalue weighted by molar-refractivity contribution is 0.410. The van der Waals surface area contributed by atoms with Crippen LogP contribution in [-0.2, 0) is 6.54 Å². The van der Waals surface area contributed by atoms with E-state index in [1.54, 1.807) is 25.3 Å². The summed E-state index contributed by atoms with van der Waals surface area (Å²) in [7, 11) is 1.60. The van der Waals surface area contributed by atoms with Gasteiger partial charge in [0.25, 0.3) is 0 Å². The molecule has 0 amide bonds. The number of anilines is 1. The van der Waals surface area contributed by atoms with Gasteiger partial charge in [-0.05, 0) is 31.2 Å². The third kappa shape index (κ3) is 3.01. The number of benzene rings is 1. The second kappa shape index (κ2) is 6.27. The Labute approximate surface area is 123 Å². The van der Waals surface area contributed by atoms with Gasteiger partial charge in [-0.15, -0.1) is 0 Å². The number of nitrogens with one attached hydrogen (secondary N) is 1. The maximum atomic E-state index is 9.08. The molecule has 2 aromatic rings. The Morgan fingerprint density at radius 1 is 1.35 bits per heavy atom. The van der Waals surface area contributed by atoms with Gasteiger partial charge in [-0.1, -0.05) is 17.7 Å². The summed E-state index contributed by atoms with van der Waals surface area (Å²) < 4.78 is 5.29. The van der Waals surface area contributed by atoms with Gasteiger partial charge in [0.2, 0.25) is 0 Å². The molecule has 0 aliphatic heterocycles. The van der Waals surface area contributed by atoms with Gasteiger partial charge < -0.3 is 10.1 Å². The first kappa shape index (κ1) is 14.2. The van der Waals surface area contributed by atoms with E-state index in [0.717, 1.165) is 11.3 Å². The molecule has 0 saturated heterocycles. The fourth-order valence-corrected chi connectivity index (χ4v) is 2.09. The van der Waals surface area contributed by atoms with E-state index in [4.69, 9.17) is 21.6 Å². The summed E-state index contributed by atoms with van der Waals surface area (Å²) in [6, 6.07) is 11.1. The average Bonchev–Trinajstić information content (AvgIpc) is 2.46. The molecule has 1 N–H and O–H groups in total. The third-order valence-electron chi connectivity index (χ3n) is 2.88. The lowest BCUT2D eigenvalue weighted by Crippen LogP contribution is -2.06. The molecule has 20 heavy (non-hydrogen) atoms. The van der Waals surface area contributed by atoms with E-state index in [2.05, 4.69) is 16.4 Å². The molecule has 5 heteroatoms. The van der Waals surface area contributed by atoms with Gasteiger partial charge in [-0.3, -0.25) is 0 Å². The second-order valence-corrected chi connectivity index (χ2v) is 4.64. The molecule has 2 rings (SSSR count). The molecule has 0 bridgehead atoms. The molecule has 0 fully saturated rings. The topological polar surface area (TPSA) is 57.9 Å². The zero-order valence-corrected chi connectivity index (χ0v) is 12.0. The maximum absolute atomic E-state index is 9.08. The van der Waals surface area contributed by atoms with Crippen LogP contribution in [0.15, 0.2) is 30.3 Å². The molecule has 0 saturated carbocycles.